The standard InChI is InChI=1S/C12H15N3O3S/c1-7-4-13-12(19-6-11(16)17)15(7)5-10-8(2)14-18-9(10)3/h4H,5-6H2,1-3H3,(H,16,17). The molecule has 0 radical (unpaired) electrons. The third-order valence-corrected chi connectivity index (χ3v) is 3.82. The third-order valence-electron chi connectivity index (χ3n) is 2.84. The Bertz CT molecular complexity index is 584. The topological polar surface area (TPSA) is 81.2 Å². The predicted molar refractivity (Wildman–Crippen MR) is 70.4 cm³/mol. The van der Waals surface area contributed by atoms with Crippen molar-refractivity contribution in [3.8, 4) is 0 Å². The molecule has 6 nitrogen and oxygen atoms in total. The summed E-state index contributed by atoms with van der Waals surface area (Å²) in [6, 6.07) is 0. The maximum Gasteiger partial charge on any atom is 0.313 e. The van der Waals surface area contributed by atoms with E-state index in [1.54, 1.807) is 6.20 Å². The molecule has 2 aromatic rings. The quantitative estimate of drug-likeness (QED) is 0.844. The van der Waals surface area contributed by atoms with Crippen molar-refractivity contribution >= 4 is 17.7 Å². The Labute approximate surface area is 114 Å². The number of carboxylic acids is 1. The number of nitrogens with zero attached hydrogens (tertiary/aromatic N) is 3. The summed E-state index contributed by atoms with van der Waals surface area (Å²) < 4.78 is 7.11. The van der Waals surface area contributed by atoms with E-state index in [0.717, 1.165) is 22.7 Å². The molecule has 0 unspecified atom stereocenters. The van der Waals surface area contributed by atoms with Gasteiger partial charge >= 0.3 is 5.97 Å². The van der Waals surface area contributed by atoms with Crippen LogP contribution in [0.1, 0.15) is 22.7 Å². The van der Waals surface area contributed by atoms with Crippen LogP contribution in [0.3, 0.4) is 0 Å². The maximum absolute atomic E-state index is 10.6. The molecule has 0 bridgehead atoms. The van der Waals surface area contributed by atoms with E-state index in [2.05, 4.69) is 10.1 Å². The van der Waals surface area contributed by atoms with Crippen LogP contribution in [0.2, 0.25) is 0 Å². The highest BCUT2D eigenvalue weighted by molar-refractivity contribution is 7.99. The number of aliphatic carboxylic acids is 1. The molecular formula is C12H15N3O3S. The first-order valence-electron chi connectivity index (χ1n) is 5.77. The van der Waals surface area contributed by atoms with Crippen LogP contribution in [-0.4, -0.2) is 31.5 Å². The van der Waals surface area contributed by atoms with Gasteiger partial charge in [-0.25, -0.2) is 4.98 Å². The SMILES string of the molecule is Cc1noc(C)c1Cn1c(C)cnc1SCC(=O)O. The van der Waals surface area contributed by atoms with Gasteiger partial charge in [-0.15, -0.1) is 0 Å². The largest absolute Gasteiger partial charge is 0.481 e. The van der Waals surface area contributed by atoms with Crippen LogP contribution in [0, 0.1) is 20.8 Å². The van der Waals surface area contributed by atoms with Crippen molar-refractivity contribution in [2.24, 2.45) is 0 Å². The molecule has 0 amide bonds. The van der Waals surface area contributed by atoms with Gasteiger partial charge in [-0.05, 0) is 20.8 Å². The smallest absolute Gasteiger partial charge is 0.313 e. The zero-order valence-corrected chi connectivity index (χ0v) is 11.8. The fourth-order valence-electron chi connectivity index (χ4n) is 1.76. The lowest BCUT2D eigenvalue weighted by Crippen LogP contribution is -2.07. The summed E-state index contributed by atoms with van der Waals surface area (Å²) >= 11 is 1.21. The van der Waals surface area contributed by atoms with E-state index in [9.17, 15) is 4.79 Å². The van der Waals surface area contributed by atoms with Crippen LogP contribution in [0.25, 0.3) is 0 Å². The molecule has 7 heteroatoms. The van der Waals surface area contributed by atoms with Gasteiger partial charge in [-0.3, -0.25) is 4.79 Å². The van der Waals surface area contributed by atoms with Crippen LogP contribution in [0.5, 0.6) is 0 Å². The zero-order chi connectivity index (χ0) is 14.0. The molecule has 0 saturated heterocycles. The molecule has 0 fully saturated rings. The third kappa shape index (κ3) is 2.98. The molecule has 0 aromatic carbocycles. The second kappa shape index (κ2) is 5.48. The van der Waals surface area contributed by atoms with Crippen molar-refractivity contribution in [2.45, 2.75) is 32.5 Å². The van der Waals surface area contributed by atoms with Crippen LogP contribution >= 0.6 is 11.8 Å². The Balaban J connectivity index is 2.24. The van der Waals surface area contributed by atoms with Crippen LogP contribution < -0.4 is 0 Å². The second-order valence-corrected chi connectivity index (χ2v) is 5.20. The van der Waals surface area contributed by atoms with Gasteiger partial charge in [0.1, 0.15) is 5.76 Å². The summed E-state index contributed by atoms with van der Waals surface area (Å²) in [5.41, 5.74) is 2.84. The highest BCUT2D eigenvalue weighted by atomic mass is 32.2. The van der Waals surface area contributed by atoms with Crippen LogP contribution in [0.4, 0.5) is 0 Å². The van der Waals surface area contributed by atoms with Gasteiger partial charge in [0, 0.05) is 17.5 Å². The molecule has 2 heterocycles. The zero-order valence-electron chi connectivity index (χ0n) is 11.0. The van der Waals surface area contributed by atoms with Gasteiger partial charge < -0.3 is 14.2 Å². The number of hydrogen-bond acceptors (Lipinski definition) is 5. The first-order valence-corrected chi connectivity index (χ1v) is 6.76. The summed E-state index contributed by atoms with van der Waals surface area (Å²) in [4.78, 5) is 14.9. The molecule has 2 rings (SSSR count). The van der Waals surface area contributed by atoms with Gasteiger partial charge in [0.05, 0.1) is 18.0 Å². The van der Waals surface area contributed by atoms with E-state index < -0.39 is 5.97 Å². The number of aromatic nitrogens is 3. The minimum atomic E-state index is -0.852. The van der Waals surface area contributed by atoms with Crippen molar-refractivity contribution in [1.29, 1.82) is 0 Å². The minimum Gasteiger partial charge on any atom is -0.481 e. The van der Waals surface area contributed by atoms with E-state index in [1.807, 2.05) is 25.3 Å². The van der Waals surface area contributed by atoms with E-state index in [0.29, 0.717) is 11.7 Å². The van der Waals surface area contributed by atoms with Gasteiger partial charge in [-0.1, -0.05) is 16.9 Å². The van der Waals surface area contributed by atoms with Gasteiger partial charge in [0.25, 0.3) is 0 Å². The molecule has 0 aliphatic rings. The Morgan fingerprint density at radius 3 is 2.79 bits per heavy atom. The Morgan fingerprint density at radius 2 is 2.21 bits per heavy atom. The molecular weight excluding hydrogens is 266 g/mol. The lowest BCUT2D eigenvalue weighted by atomic mass is 10.2. The van der Waals surface area contributed by atoms with Crippen LogP contribution in [-0.2, 0) is 11.3 Å². The van der Waals surface area contributed by atoms with Crippen molar-refractivity contribution in [1.82, 2.24) is 14.7 Å². The second-order valence-electron chi connectivity index (χ2n) is 4.25. The fourth-order valence-corrected chi connectivity index (χ4v) is 2.50. The molecule has 0 saturated carbocycles. The van der Waals surface area contributed by atoms with Crippen molar-refractivity contribution in [3.05, 3.63) is 28.9 Å². The summed E-state index contributed by atoms with van der Waals surface area (Å²) in [6.07, 6.45) is 1.74. The average molecular weight is 281 g/mol. The maximum atomic E-state index is 10.6. The lowest BCUT2D eigenvalue weighted by Gasteiger charge is -2.08. The molecule has 0 spiro atoms. The van der Waals surface area contributed by atoms with Crippen molar-refractivity contribution in [2.75, 3.05) is 5.75 Å². The molecule has 2 aromatic heterocycles. The summed E-state index contributed by atoms with van der Waals surface area (Å²) in [7, 11) is 0. The first kappa shape index (κ1) is 13.7. The molecule has 0 aliphatic carbocycles. The molecule has 0 aliphatic heterocycles. The number of aryl methyl sites for hydroxylation is 3. The number of imidazole rings is 1. The van der Waals surface area contributed by atoms with Gasteiger partial charge in [-0.2, -0.15) is 0 Å². The first-order chi connectivity index (χ1) is 8.99. The summed E-state index contributed by atoms with van der Waals surface area (Å²) in [5.74, 6) is -0.0766. The normalized spacial score (nSPS) is 10.9. The highest BCUT2D eigenvalue weighted by Crippen LogP contribution is 2.22. The number of carboxylic acid groups (broad SMARTS) is 1. The van der Waals surface area contributed by atoms with Gasteiger partial charge in [0.15, 0.2) is 5.16 Å². The number of rotatable bonds is 5. The monoisotopic (exact) mass is 281 g/mol. The van der Waals surface area contributed by atoms with Gasteiger partial charge in [0.2, 0.25) is 0 Å². The predicted octanol–water partition coefficient (Wildman–Crippen LogP) is 2.02. The Morgan fingerprint density at radius 1 is 1.47 bits per heavy atom. The summed E-state index contributed by atoms with van der Waals surface area (Å²) in [6.45, 7) is 6.29. The van der Waals surface area contributed by atoms with E-state index in [4.69, 9.17) is 9.63 Å². The molecule has 19 heavy (non-hydrogen) atoms. The summed E-state index contributed by atoms with van der Waals surface area (Å²) in [5, 5.41) is 13.3. The molecule has 0 atom stereocenters. The fraction of sp³-hybridized carbons (Fsp3) is 0.417. The Hall–Kier alpha value is -1.76. The number of hydrogen-bond donors (Lipinski definition) is 1. The minimum absolute atomic E-state index is 0.00193. The number of thioether (sulfide) groups is 1. The highest BCUT2D eigenvalue weighted by Gasteiger charge is 2.14. The average Bonchev–Trinajstić information content (AvgIpc) is 2.85. The van der Waals surface area contributed by atoms with Crippen molar-refractivity contribution < 1.29 is 14.4 Å². The van der Waals surface area contributed by atoms with E-state index in [1.165, 1.54) is 11.8 Å². The van der Waals surface area contributed by atoms with Crippen LogP contribution in [0.15, 0.2) is 15.9 Å². The molecule has 102 valence electrons. The van der Waals surface area contributed by atoms with E-state index in [-0.39, 0.29) is 5.75 Å². The number of carbonyl (C=O) groups is 1. The van der Waals surface area contributed by atoms with E-state index >= 15 is 0 Å². The lowest BCUT2D eigenvalue weighted by molar-refractivity contribution is -0.133. The molecule has 1 N–H and O–H groups in total. The van der Waals surface area contributed by atoms with Crippen molar-refractivity contribution in [3.63, 3.8) is 0 Å². The Kier molecular flexibility index (Phi) is 3.94.